The number of rotatable bonds is 2. The molecule has 66 valence electrons. The van der Waals surface area contributed by atoms with Crippen LogP contribution in [-0.4, -0.2) is 8.76 Å². The van der Waals surface area contributed by atoms with Gasteiger partial charge in [0.25, 0.3) is 0 Å². The SMILES string of the molecule is O=S([O-])Cc1ccc(Br)cc1F.[Na+]. The third-order valence-electron chi connectivity index (χ3n) is 1.29. The van der Waals surface area contributed by atoms with E-state index in [-0.39, 0.29) is 40.9 Å². The molecular weight excluding hydrogens is 270 g/mol. The van der Waals surface area contributed by atoms with Crippen molar-refractivity contribution < 1.29 is 42.7 Å². The minimum Gasteiger partial charge on any atom is -0.772 e. The maximum atomic E-state index is 12.9. The summed E-state index contributed by atoms with van der Waals surface area (Å²) in [5.41, 5.74) is 0.187. The second-order valence-corrected chi connectivity index (χ2v) is 4.00. The largest absolute Gasteiger partial charge is 1.00 e. The molecule has 13 heavy (non-hydrogen) atoms. The van der Waals surface area contributed by atoms with E-state index in [4.69, 9.17) is 0 Å². The smallest absolute Gasteiger partial charge is 0.772 e. The van der Waals surface area contributed by atoms with Crippen LogP contribution in [0.15, 0.2) is 22.7 Å². The fourth-order valence-corrected chi connectivity index (χ4v) is 1.59. The van der Waals surface area contributed by atoms with Crippen LogP contribution in [0.3, 0.4) is 0 Å². The van der Waals surface area contributed by atoms with Crippen LogP contribution in [0.5, 0.6) is 0 Å². The van der Waals surface area contributed by atoms with Gasteiger partial charge in [0.15, 0.2) is 0 Å². The Hall–Kier alpha value is 0.740. The van der Waals surface area contributed by atoms with Gasteiger partial charge in [0.05, 0.1) is 0 Å². The first-order valence-electron chi connectivity index (χ1n) is 3.09. The summed E-state index contributed by atoms with van der Waals surface area (Å²) >= 11 is 0.830. The number of hydrogen-bond donors (Lipinski definition) is 0. The van der Waals surface area contributed by atoms with Crippen molar-refractivity contribution in [3.63, 3.8) is 0 Å². The van der Waals surface area contributed by atoms with Crippen LogP contribution in [0.1, 0.15) is 5.56 Å². The zero-order chi connectivity index (χ0) is 9.14. The Morgan fingerprint density at radius 3 is 2.62 bits per heavy atom. The number of halogens is 2. The Morgan fingerprint density at radius 1 is 1.54 bits per heavy atom. The van der Waals surface area contributed by atoms with Crippen LogP contribution in [-0.2, 0) is 16.8 Å². The summed E-state index contributed by atoms with van der Waals surface area (Å²) < 4.78 is 34.0. The van der Waals surface area contributed by atoms with Gasteiger partial charge in [-0.1, -0.05) is 33.1 Å². The third-order valence-corrected chi connectivity index (χ3v) is 2.33. The van der Waals surface area contributed by atoms with Crippen LogP contribution in [0, 0.1) is 5.82 Å². The van der Waals surface area contributed by atoms with E-state index in [9.17, 15) is 13.2 Å². The Kier molecular flexibility index (Phi) is 6.62. The van der Waals surface area contributed by atoms with Crippen molar-refractivity contribution >= 4 is 27.0 Å². The quantitative estimate of drug-likeness (QED) is 0.511. The minimum atomic E-state index is -2.24. The Labute approximate surface area is 109 Å². The Balaban J connectivity index is 0.00000144. The Bertz CT molecular complexity index is 321. The van der Waals surface area contributed by atoms with Crippen molar-refractivity contribution in [1.82, 2.24) is 0 Å². The van der Waals surface area contributed by atoms with Crippen molar-refractivity contribution in [2.45, 2.75) is 5.75 Å². The molecule has 0 aliphatic rings. The van der Waals surface area contributed by atoms with Gasteiger partial charge < -0.3 is 4.55 Å². The first-order valence-corrected chi connectivity index (χ1v) is 5.13. The van der Waals surface area contributed by atoms with Crippen LogP contribution < -0.4 is 29.6 Å². The minimum absolute atomic E-state index is 0. The summed E-state index contributed by atoms with van der Waals surface area (Å²) in [7, 11) is 0. The normalized spacial score (nSPS) is 11.9. The standard InChI is InChI=1S/C7H6BrFO2S.Na/c8-6-2-1-5(4-12(10)11)7(9)3-6;/h1-3H,4H2,(H,10,11);/q;+1/p-1. The van der Waals surface area contributed by atoms with Crippen molar-refractivity contribution in [3.8, 4) is 0 Å². The van der Waals surface area contributed by atoms with E-state index >= 15 is 0 Å². The summed E-state index contributed by atoms with van der Waals surface area (Å²) in [5, 5.41) is 0. The van der Waals surface area contributed by atoms with Gasteiger partial charge in [-0.3, -0.25) is 4.21 Å². The molecule has 0 saturated carbocycles. The van der Waals surface area contributed by atoms with Gasteiger partial charge >= 0.3 is 29.6 Å². The average Bonchev–Trinajstić information content (AvgIpc) is 1.94. The molecule has 0 spiro atoms. The summed E-state index contributed by atoms with van der Waals surface area (Å²) in [6.07, 6.45) is 0. The van der Waals surface area contributed by atoms with Crippen LogP contribution in [0.25, 0.3) is 0 Å². The molecule has 0 heterocycles. The molecule has 1 aromatic carbocycles. The fourth-order valence-electron chi connectivity index (χ4n) is 0.766. The molecule has 1 aromatic rings. The number of hydrogen-bond acceptors (Lipinski definition) is 2. The van der Waals surface area contributed by atoms with E-state index in [1.54, 1.807) is 6.07 Å². The predicted molar refractivity (Wildman–Crippen MR) is 46.7 cm³/mol. The van der Waals surface area contributed by atoms with E-state index in [0.29, 0.717) is 4.47 Å². The van der Waals surface area contributed by atoms with Gasteiger partial charge in [0.2, 0.25) is 0 Å². The molecule has 0 aliphatic carbocycles. The molecule has 6 heteroatoms. The van der Waals surface area contributed by atoms with Crippen molar-refractivity contribution in [2.75, 3.05) is 0 Å². The van der Waals surface area contributed by atoms with Gasteiger partial charge in [-0.25, -0.2) is 4.39 Å². The molecular formula is C7H5BrFNaO2S. The second-order valence-electron chi connectivity index (χ2n) is 2.18. The molecule has 0 aliphatic heterocycles. The van der Waals surface area contributed by atoms with Gasteiger partial charge in [-0.15, -0.1) is 0 Å². The maximum absolute atomic E-state index is 12.9. The summed E-state index contributed by atoms with van der Waals surface area (Å²) in [5.74, 6) is -0.785. The molecule has 0 aromatic heterocycles. The average molecular weight is 275 g/mol. The first kappa shape index (κ1) is 13.7. The number of benzene rings is 1. The maximum Gasteiger partial charge on any atom is 1.00 e. The van der Waals surface area contributed by atoms with Crippen molar-refractivity contribution in [3.05, 3.63) is 34.1 Å². The van der Waals surface area contributed by atoms with E-state index in [2.05, 4.69) is 15.9 Å². The molecule has 2 nitrogen and oxygen atoms in total. The summed E-state index contributed by atoms with van der Waals surface area (Å²) in [6, 6.07) is 4.28. The monoisotopic (exact) mass is 274 g/mol. The molecule has 0 fully saturated rings. The van der Waals surface area contributed by atoms with Crippen LogP contribution in [0.2, 0.25) is 0 Å². The zero-order valence-corrected chi connectivity index (χ0v) is 11.3. The van der Waals surface area contributed by atoms with Crippen LogP contribution in [0.4, 0.5) is 4.39 Å². The fraction of sp³-hybridized carbons (Fsp3) is 0.143. The van der Waals surface area contributed by atoms with E-state index in [1.165, 1.54) is 12.1 Å². The second kappa shape index (κ2) is 6.27. The topological polar surface area (TPSA) is 40.1 Å². The zero-order valence-electron chi connectivity index (χ0n) is 6.92. The molecule has 0 bridgehead atoms. The Morgan fingerprint density at radius 2 is 2.15 bits per heavy atom. The van der Waals surface area contributed by atoms with Crippen molar-refractivity contribution in [2.24, 2.45) is 0 Å². The van der Waals surface area contributed by atoms with E-state index in [1.807, 2.05) is 0 Å². The first-order chi connectivity index (χ1) is 5.59. The van der Waals surface area contributed by atoms with Gasteiger partial charge in [-0.05, 0) is 17.7 Å². The van der Waals surface area contributed by atoms with Crippen LogP contribution >= 0.6 is 15.9 Å². The predicted octanol–water partition coefficient (Wildman–Crippen LogP) is -1.03. The molecule has 0 N–H and O–H groups in total. The summed E-state index contributed by atoms with van der Waals surface area (Å²) in [4.78, 5) is 0. The van der Waals surface area contributed by atoms with E-state index in [0.717, 1.165) is 0 Å². The molecule has 1 unspecified atom stereocenters. The van der Waals surface area contributed by atoms with Gasteiger partial charge in [0.1, 0.15) is 5.82 Å². The van der Waals surface area contributed by atoms with E-state index < -0.39 is 16.9 Å². The molecule has 1 rings (SSSR count). The molecule has 0 amide bonds. The molecule has 0 radical (unpaired) electrons. The van der Waals surface area contributed by atoms with Gasteiger partial charge in [0, 0.05) is 10.2 Å². The van der Waals surface area contributed by atoms with Crippen molar-refractivity contribution in [1.29, 1.82) is 0 Å². The molecule has 1 atom stereocenters. The third kappa shape index (κ3) is 4.67. The van der Waals surface area contributed by atoms with Gasteiger partial charge in [-0.2, -0.15) is 0 Å². The molecule has 0 saturated heterocycles. The summed E-state index contributed by atoms with van der Waals surface area (Å²) in [6.45, 7) is 0.